The molecule has 0 aliphatic carbocycles. The van der Waals surface area contributed by atoms with Crippen molar-refractivity contribution in [2.45, 2.75) is 25.7 Å². The lowest BCUT2D eigenvalue weighted by Crippen LogP contribution is -2.31. The van der Waals surface area contributed by atoms with Crippen molar-refractivity contribution in [3.05, 3.63) is 47.8 Å². The molecular weight excluding hydrogens is 326 g/mol. The molecule has 1 aliphatic rings. The van der Waals surface area contributed by atoms with Crippen LogP contribution in [0, 0.1) is 0 Å². The number of carboxylic acids is 1. The molecule has 25 heavy (non-hydrogen) atoms. The highest BCUT2D eigenvalue weighted by Gasteiger charge is 2.36. The summed E-state index contributed by atoms with van der Waals surface area (Å²) < 4.78 is 7.35. The number of ether oxygens (including phenoxy) is 1. The van der Waals surface area contributed by atoms with Crippen LogP contribution in [0.15, 0.2) is 36.7 Å². The van der Waals surface area contributed by atoms with Gasteiger partial charge in [0.2, 0.25) is 0 Å². The van der Waals surface area contributed by atoms with Gasteiger partial charge in [-0.15, -0.1) is 0 Å². The number of aromatic carboxylic acids is 1. The topological polar surface area (TPSA) is 105 Å². The molecule has 2 atom stereocenters. The molecule has 2 N–H and O–H groups in total. The van der Waals surface area contributed by atoms with Gasteiger partial charge in [0.25, 0.3) is 5.91 Å². The highest BCUT2D eigenvalue weighted by molar-refractivity contribution is 5.94. The normalized spacial score (nSPS) is 19.8. The van der Waals surface area contributed by atoms with Crippen molar-refractivity contribution in [3.63, 3.8) is 0 Å². The first-order valence-electron chi connectivity index (χ1n) is 7.97. The van der Waals surface area contributed by atoms with E-state index in [0.717, 1.165) is 0 Å². The molecule has 1 saturated heterocycles. The molecule has 0 radical (unpaired) electrons. The highest BCUT2D eigenvalue weighted by Crippen LogP contribution is 2.21. The fourth-order valence-corrected chi connectivity index (χ4v) is 2.75. The molecule has 1 aromatic carbocycles. The van der Waals surface area contributed by atoms with Crippen LogP contribution >= 0.6 is 0 Å². The van der Waals surface area contributed by atoms with Crippen LogP contribution < -0.4 is 4.74 Å². The Hall–Kier alpha value is -2.87. The number of amides is 1. The number of hydrogen-bond acceptors (Lipinski definition) is 5. The molecule has 2 heterocycles. The van der Waals surface area contributed by atoms with Crippen LogP contribution in [0.1, 0.15) is 27.6 Å². The summed E-state index contributed by atoms with van der Waals surface area (Å²) in [6.45, 7) is 2.96. The van der Waals surface area contributed by atoms with Gasteiger partial charge in [-0.1, -0.05) is 6.07 Å². The number of likely N-dealkylation sites (tertiary alicyclic amines) is 1. The van der Waals surface area contributed by atoms with Gasteiger partial charge in [0.1, 0.15) is 18.0 Å². The van der Waals surface area contributed by atoms with E-state index in [2.05, 4.69) is 5.10 Å². The van der Waals surface area contributed by atoms with Gasteiger partial charge in [-0.05, 0) is 25.1 Å². The van der Waals surface area contributed by atoms with Crippen LogP contribution in [0.4, 0.5) is 0 Å². The van der Waals surface area contributed by atoms with Gasteiger partial charge in [-0.2, -0.15) is 5.10 Å². The largest absolute Gasteiger partial charge is 0.486 e. The zero-order chi connectivity index (χ0) is 18.0. The fraction of sp³-hybridized carbons (Fsp3) is 0.353. The monoisotopic (exact) mass is 345 g/mol. The minimum absolute atomic E-state index is 0.102. The number of benzene rings is 1. The molecule has 8 nitrogen and oxygen atoms in total. The number of aliphatic hydroxyl groups is 1. The Morgan fingerprint density at radius 1 is 1.32 bits per heavy atom. The van der Waals surface area contributed by atoms with Crippen molar-refractivity contribution in [3.8, 4) is 5.75 Å². The number of aryl methyl sites for hydroxylation is 1. The zero-order valence-corrected chi connectivity index (χ0v) is 13.7. The first-order valence-corrected chi connectivity index (χ1v) is 7.97. The lowest BCUT2D eigenvalue weighted by molar-refractivity contribution is 0.0686. The number of carbonyl (C=O) groups is 2. The molecule has 2 aromatic rings. The molecule has 8 heteroatoms. The lowest BCUT2D eigenvalue weighted by Gasteiger charge is -2.17. The summed E-state index contributed by atoms with van der Waals surface area (Å²) in [5.41, 5.74) is 0.562. The summed E-state index contributed by atoms with van der Waals surface area (Å²) in [5.74, 6) is -0.927. The Morgan fingerprint density at radius 3 is 2.80 bits per heavy atom. The minimum atomic E-state index is -1.05. The maximum atomic E-state index is 12.5. The number of nitrogens with zero attached hydrogens (tertiary/aromatic N) is 3. The van der Waals surface area contributed by atoms with Crippen LogP contribution in [0.3, 0.4) is 0 Å². The maximum absolute atomic E-state index is 12.5. The SMILES string of the molecule is CCn1cc(C(=O)N2C[C@@H](O)[C@H](Oc3cccc(C(=O)O)c3)C2)cn1. The van der Waals surface area contributed by atoms with Crippen LogP contribution in [0.5, 0.6) is 5.75 Å². The molecule has 0 saturated carbocycles. The molecule has 0 unspecified atom stereocenters. The third kappa shape index (κ3) is 3.63. The van der Waals surface area contributed by atoms with E-state index < -0.39 is 18.2 Å². The van der Waals surface area contributed by atoms with Gasteiger partial charge in [0.05, 0.1) is 30.4 Å². The van der Waals surface area contributed by atoms with E-state index in [4.69, 9.17) is 9.84 Å². The van der Waals surface area contributed by atoms with Crippen LogP contribution in [0.2, 0.25) is 0 Å². The first kappa shape index (κ1) is 17.0. The number of hydrogen-bond donors (Lipinski definition) is 2. The Morgan fingerprint density at radius 2 is 2.12 bits per heavy atom. The second-order valence-electron chi connectivity index (χ2n) is 5.85. The van der Waals surface area contributed by atoms with Crippen LogP contribution in [0.25, 0.3) is 0 Å². The smallest absolute Gasteiger partial charge is 0.335 e. The molecule has 0 spiro atoms. The number of carboxylic acid groups (broad SMARTS) is 1. The van der Waals surface area contributed by atoms with Crippen molar-refractivity contribution in [2.24, 2.45) is 0 Å². The molecule has 1 aromatic heterocycles. The van der Waals surface area contributed by atoms with E-state index >= 15 is 0 Å². The molecule has 3 rings (SSSR count). The van der Waals surface area contributed by atoms with Crippen molar-refractivity contribution in [1.29, 1.82) is 0 Å². The second-order valence-corrected chi connectivity index (χ2v) is 5.85. The van der Waals surface area contributed by atoms with Crippen molar-refractivity contribution in [2.75, 3.05) is 13.1 Å². The maximum Gasteiger partial charge on any atom is 0.335 e. The molecule has 1 fully saturated rings. The van der Waals surface area contributed by atoms with Crippen LogP contribution in [-0.4, -0.2) is 62.1 Å². The molecule has 0 bridgehead atoms. The van der Waals surface area contributed by atoms with Gasteiger partial charge in [-0.25, -0.2) is 4.79 Å². The number of rotatable bonds is 5. The number of β-amino-alcohol motifs (C(OH)–C–C–N with tert-alkyl or cyclic N) is 1. The average Bonchev–Trinajstić information content (AvgIpc) is 3.22. The van der Waals surface area contributed by atoms with Gasteiger partial charge in [0, 0.05) is 12.7 Å². The number of aromatic nitrogens is 2. The Kier molecular flexibility index (Phi) is 4.71. The Balaban J connectivity index is 1.68. The van der Waals surface area contributed by atoms with E-state index in [1.807, 2.05) is 6.92 Å². The van der Waals surface area contributed by atoms with Gasteiger partial charge >= 0.3 is 5.97 Å². The average molecular weight is 345 g/mol. The molecule has 1 amide bonds. The van der Waals surface area contributed by atoms with E-state index in [-0.39, 0.29) is 24.6 Å². The van der Waals surface area contributed by atoms with E-state index in [9.17, 15) is 14.7 Å². The zero-order valence-electron chi connectivity index (χ0n) is 13.7. The third-order valence-corrected chi connectivity index (χ3v) is 4.10. The van der Waals surface area contributed by atoms with Gasteiger partial charge in [0.15, 0.2) is 0 Å². The summed E-state index contributed by atoms with van der Waals surface area (Å²) in [5, 5.41) is 23.3. The quantitative estimate of drug-likeness (QED) is 0.833. The Labute approximate surface area is 144 Å². The summed E-state index contributed by atoms with van der Waals surface area (Å²) >= 11 is 0. The highest BCUT2D eigenvalue weighted by atomic mass is 16.5. The van der Waals surface area contributed by atoms with Crippen molar-refractivity contribution >= 4 is 11.9 Å². The molecule has 1 aliphatic heterocycles. The second kappa shape index (κ2) is 6.94. The van der Waals surface area contributed by atoms with E-state index in [1.165, 1.54) is 23.2 Å². The van der Waals surface area contributed by atoms with Crippen LogP contribution in [-0.2, 0) is 6.54 Å². The molecular formula is C17H19N3O5. The van der Waals surface area contributed by atoms with Gasteiger partial charge in [-0.3, -0.25) is 9.48 Å². The summed E-state index contributed by atoms with van der Waals surface area (Å²) in [7, 11) is 0. The standard InChI is InChI=1S/C17H19N3O5/c1-2-20-8-12(7-18-20)16(22)19-9-14(21)15(10-19)25-13-5-3-4-11(6-13)17(23)24/h3-8,14-15,21H,2,9-10H2,1H3,(H,23,24)/t14-,15-/m1/s1. The number of aliphatic hydroxyl groups excluding tert-OH is 1. The van der Waals surface area contributed by atoms with Crippen molar-refractivity contribution in [1.82, 2.24) is 14.7 Å². The Bertz CT molecular complexity index is 788. The molecule has 132 valence electrons. The predicted molar refractivity (Wildman–Crippen MR) is 87.6 cm³/mol. The summed E-state index contributed by atoms with van der Waals surface area (Å²) in [4.78, 5) is 25.0. The van der Waals surface area contributed by atoms with E-state index in [0.29, 0.717) is 17.9 Å². The van der Waals surface area contributed by atoms with E-state index in [1.54, 1.807) is 23.0 Å². The fourth-order valence-electron chi connectivity index (χ4n) is 2.75. The lowest BCUT2D eigenvalue weighted by atomic mass is 10.2. The predicted octanol–water partition coefficient (Wildman–Crippen LogP) is 0.865. The number of carbonyl (C=O) groups excluding carboxylic acids is 1. The summed E-state index contributed by atoms with van der Waals surface area (Å²) in [6.07, 6.45) is 1.70. The van der Waals surface area contributed by atoms with Crippen molar-refractivity contribution < 1.29 is 24.5 Å². The third-order valence-electron chi connectivity index (χ3n) is 4.10. The minimum Gasteiger partial charge on any atom is -0.486 e. The van der Waals surface area contributed by atoms with Gasteiger partial charge < -0.3 is 19.8 Å². The first-order chi connectivity index (χ1) is 12.0. The summed E-state index contributed by atoms with van der Waals surface area (Å²) in [6, 6.07) is 6.05.